The number of carbonyl (C=O) groups is 2. The summed E-state index contributed by atoms with van der Waals surface area (Å²) in [5.41, 5.74) is 0.697. The first kappa shape index (κ1) is 21.5. The Kier molecular flexibility index (Phi) is 7.40. The molecule has 0 unspecified atom stereocenters. The maximum atomic E-state index is 12.4. The van der Waals surface area contributed by atoms with E-state index in [4.69, 9.17) is 27.9 Å². The largest absolute Gasteiger partial charge is 0.484 e. The van der Waals surface area contributed by atoms with Crippen LogP contribution in [0.3, 0.4) is 0 Å². The molecule has 154 valence electrons. The van der Waals surface area contributed by atoms with Crippen LogP contribution in [0.2, 0.25) is 10.0 Å². The van der Waals surface area contributed by atoms with Crippen LogP contribution in [0.5, 0.6) is 5.75 Å². The molecule has 0 spiro atoms. The van der Waals surface area contributed by atoms with Crippen molar-refractivity contribution in [2.75, 3.05) is 13.2 Å². The Hall–Kier alpha value is -2.24. The molecule has 1 aliphatic rings. The summed E-state index contributed by atoms with van der Waals surface area (Å²) in [4.78, 5) is 24.4. The fraction of sp³-hybridized carbons (Fsp3) is 0.364. The molecule has 0 aromatic heterocycles. The van der Waals surface area contributed by atoms with Crippen LogP contribution in [-0.2, 0) is 16.0 Å². The zero-order valence-electron chi connectivity index (χ0n) is 16.0. The molecule has 3 rings (SSSR count). The second-order valence-corrected chi connectivity index (χ2v) is 8.20. The van der Waals surface area contributed by atoms with E-state index in [-0.39, 0.29) is 24.0 Å². The van der Waals surface area contributed by atoms with Gasteiger partial charge in [0.25, 0.3) is 5.91 Å². The highest BCUT2D eigenvalue weighted by molar-refractivity contribution is 6.30. The van der Waals surface area contributed by atoms with Gasteiger partial charge < -0.3 is 15.4 Å². The van der Waals surface area contributed by atoms with Crippen molar-refractivity contribution in [3.05, 3.63) is 64.1 Å². The van der Waals surface area contributed by atoms with E-state index in [1.807, 2.05) is 12.1 Å². The Bertz CT molecular complexity index is 834. The molecule has 0 bridgehead atoms. The quantitative estimate of drug-likeness (QED) is 0.622. The van der Waals surface area contributed by atoms with E-state index in [9.17, 15) is 9.59 Å². The summed E-state index contributed by atoms with van der Waals surface area (Å²) in [5.74, 6) is 0.390. The SMILES string of the molecule is O=C(COc1ccc(Cl)cc1)NCCC1(NC(=O)Cc2ccc(Cl)cc2)CCC1. The fourth-order valence-corrected chi connectivity index (χ4v) is 3.59. The molecule has 0 aliphatic heterocycles. The van der Waals surface area contributed by atoms with Crippen LogP contribution >= 0.6 is 23.2 Å². The molecule has 1 aliphatic carbocycles. The molecule has 29 heavy (non-hydrogen) atoms. The van der Waals surface area contributed by atoms with Gasteiger partial charge in [0.05, 0.1) is 6.42 Å². The average Bonchev–Trinajstić information content (AvgIpc) is 2.67. The summed E-state index contributed by atoms with van der Waals surface area (Å²) in [6.45, 7) is 0.432. The zero-order valence-corrected chi connectivity index (χ0v) is 17.6. The van der Waals surface area contributed by atoms with E-state index in [0.29, 0.717) is 35.2 Å². The van der Waals surface area contributed by atoms with Gasteiger partial charge >= 0.3 is 0 Å². The predicted molar refractivity (Wildman–Crippen MR) is 114 cm³/mol. The van der Waals surface area contributed by atoms with Gasteiger partial charge in [-0.15, -0.1) is 0 Å². The van der Waals surface area contributed by atoms with Crippen molar-refractivity contribution < 1.29 is 14.3 Å². The minimum Gasteiger partial charge on any atom is -0.484 e. The Labute approximate surface area is 180 Å². The lowest BCUT2D eigenvalue weighted by atomic mass is 9.74. The fourth-order valence-electron chi connectivity index (χ4n) is 3.34. The number of rotatable bonds is 9. The van der Waals surface area contributed by atoms with Crippen molar-refractivity contribution in [1.82, 2.24) is 10.6 Å². The molecule has 0 atom stereocenters. The molecule has 2 aromatic rings. The molecule has 2 N–H and O–H groups in total. The van der Waals surface area contributed by atoms with Crippen molar-refractivity contribution in [3.63, 3.8) is 0 Å². The summed E-state index contributed by atoms with van der Waals surface area (Å²) >= 11 is 11.7. The molecule has 5 nitrogen and oxygen atoms in total. The zero-order chi connectivity index (χ0) is 20.7. The van der Waals surface area contributed by atoms with E-state index < -0.39 is 0 Å². The molecule has 1 fully saturated rings. The van der Waals surface area contributed by atoms with Gasteiger partial charge in [-0.2, -0.15) is 0 Å². The summed E-state index contributed by atoms with van der Waals surface area (Å²) in [6, 6.07) is 14.1. The lowest BCUT2D eigenvalue weighted by Gasteiger charge is -2.43. The smallest absolute Gasteiger partial charge is 0.257 e. The first-order chi connectivity index (χ1) is 13.9. The van der Waals surface area contributed by atoms with Crippen molar-refractivity contribution in [2.24, 2.45) is 0 Å². The van der Waals surface area contributed by atoms with E-state index in [0.717, 1.165) is 24.8 Å². The van der Waals surface area contributed by atoms with Gasteiger partial charge in [0.15, 0.2) is 6.61 Å². The summed E-state index contributed by atoms with van der Waals surface area (Å²) in [7, 11) is 0. The highest BCUT2D eigenvalue weighted by atomic mass is 35.5. The maximum absolute atomic E-state index is 12.4. The number of carbonyl (C=O) groups excluding carboxylic acids is 2. The van der Waals surface area contributed by atoms with Crippen LogP contribution in [0.15, 0.2) is 48.5 Å². The van der Waals surface area contributed by atoms with Crippen LogP contribution in [0.25, 0.3) is 0 Å². The number of nitrogens with one attached hydrogen (secondary N) is 2. The average molecular weight is 435 g/mol. The minimum atomic E-state index is -0.228. The second kappa shape index (κ2) is 9.99. The van der Waals surface area contributed by atoms with E-state index >= 15 is 0 Å². The highest BCUT2D eigenvalue weighted by Gasteiger charge is 2.37. The van der Waals surface area contributed by atoms with Gasteiger partial charge in [0.2, 0.25) is 5.91 Å². The van der Waals surface area contributed by atoms with Gasteiger partial charge in [0.1, 0.15) is 5.75 Å². The van der Waals surface area contributed by atoms with Crippen molar-refractivity contribution >= 4 is 35.0 Å². The van der Waals surface area contributed by atoms with Crippen molar-refractivity contribution in [2.45, 2.75) is 37.6 Å². The number of halogens is 2. The summed E-state index contributed by atoms with van der Waals surface area (Å²) in [6.07, 6.45) is 3.95. The molecule has 0 saturated heterocycles. The van der Waals surface area contributed by atoms with E-state index in [1.54, 1.807) is 36.4 Å². The number of amides is 2. The van der Waals surface area contributed by atoms with Crippen molar-refractivity contribution in [3.8, 4) is 5.75 Å². The molecule has 2 aromatic carbocycles. The number of benzene rings is 2. The lowest BCUT2D eigenvalue weighted by Crippen LogP contribution is -2.55. The Balaban J connectivity index is 1.39. The van der Waals surface area contributed by atoms with E-state index in [1.165, 1.54) is 0 Å². The Morgan fingerprint density at radius 3 is 2.14 bits per heavy atom. The maximum Gasteiger partial charge on any atom is 0.257 e. The molecule has 2 amide bonds. The third-order valence-electron chi connectivity index (χ3n) is 5.10. The highest BCUT2D eigenvalue weighted by Crippen LogP contribution is 2.34. The normalized spacial score (nSPS) is 14.6. The van der Waals surface area contributed by atoms with Crippen LogP contribution in [0.4, 0.5) is 0 Å². The van der Waals surface area contributed by atoms with Gasteiger partial charge in [-0.1, -0.05) is 35.3 Å². The van der Waals surface area contributed by atoms with Gasteiger partial charge in [0, 0.05) is 22.1 Å². The first-order valence-corrected chi connectivity index (χ1v) is 10.4. The Morgan fingerprint density at radius 2 is 1.55 bits per heavy atom. The third kappa shape index (κ3) is 6.65. The molecular formula is C22H24Cl2N2O3. The third-order valence-corrected chi connectivity index (χ3v) is 5.61. The molecule has 7 heteroatoms. The molecular weight excluding hydrogens is 411 g/mol. The number of hydrogen-bond donors (Lipinski definition) is 2. The standard InChI is InChI=1S/C22H24Cl2N2O3/c23-17-4-2-16(3-5-17)14-20(27)26-22(10-1-11-22)12-13-25-21(28)15-29-19-8-6-18(24)7-9-19/h2-9H,1,10-15H2,(H,25,28)(H,26,27). The number of hydrogen-bond acceptors (Lipinski definition) is 3. The second-order valence-electron chi connectivity index (χ2n) is 7.33. The van der Waals surface area contributed by atoms with Crippen molar-refractivity contribution in [1.29, 1.82) is 0 Å². The topological polar surface area (TPSA) is 67.4 Å². The predicted octanol–water partition coefficient (Wildman–Crippen LogP) is 4.16. The summed E-state index contributed by atoms with van der Waals surface area (Å²) < 4.78 is 5.44. The Morgan fingerprint density at radius 1 is 0.931 bits per heavy atom. The minimum absolute atomic E-state index is 0.00980. The van der Waals surface area contributed by atoms with Gasteiger partial charge in [-0.3, -0.25) is 9.59 Å². The van der Waals surface area contributed by atoms with Crippen LogP contribution in [0.1, 0.15) is 31.2 Å². The molecule has 0 heterocycles. The van der Waals surface area contributed by atoms with Crippen LogP contribution in [0, 0.1) is 0 Å². The first-order valence-electron chi connectivity index (χ1n) is 9.65. The molecule has 1 saturated carbocycles. The van der Waals surface area contributed by atoms with Gasteiger partial charge in [-0.05, 0) is 67.6 Å². The van der Waals surface area contributed by atoms with Crippen LogP contribution < -0.4 is 15.4 Å². The number of ether oxygens (including phenoxy) is 1. The summed E-state index contributed by atoms with van der Waals surface area (Å²) in [5, 5.41) is 7.29. The van der Waals surface area contributed by atoms with Crippen LogP contribution in [-0.4, -0.2) is 30.5 Å². The van der Waals surface area contributed by atoms with E-state index in [2.05, 4.69) is 10.6 Å². The monoisotopic (exact) mass is 434 g/mol. The molecule has 0 radical (unpaired) electrons. The lowest BCUT2D eigenvalue weighted by molar-refractivity contribution is -0.123. The van der Waals surface area contributed by atoms with Gasteiger partial charge in [-0.25, -0.2) is 0 Å².